The molecule has 0 radical (unpaired) electrons. The van der Waals surface area contributed by atoms with E-state index >= 15 is 0 Å². The number of hydrogen-bond acceptors (Lipinski definition) is 3. The zero-order chi connectivity index (χ0) is 14.1. The van der Waals surface area contributed by atoms with Crippen molar-refractivity contribution in [2.75, 3.05) is 25.4 Å². The highest BCUT2D eigenvalue weighted by Crippen LogP contribution is 2.10. The molecule has 5 heteroatoms. The van der Waals surface area contributed by atoms with Gasteiger partial charge in [0.25, 0.3) is 5.91 Å². The minimum atomic E-state index is -0.0653. The summed E-state index contributed by atoms with van der Waals surface area (Å²) in [7, 11) is 0. The molecule has 0 bridgehead atoms. The lowest BCUT2D eigenvalue weighted by Crippen LogP contribution is -2.25. The van der Waals surface area contributed by atoms with Crippen molar-refractivity contribution in [3.63, 3.8) is 0 Å². The summed E-state index contributed by atoms with van der Waals surface area (Å²) in [6.07, 6.45) is 1.08. The van der Waals surface area contributed by atoms with Gasteiger partial charge >= 0.3 is 0 Å². The summed E-state index contributed by atoms with van der Waals surface area (Å²) in [6, 6.07) is 6.91. The Kier molecular flexibility index (Phi) is 7.94. The second-order valence-electron chi connectivity index (χ2n) is 4.17. The molecule has 0 heterocycles. The van der Waals surface area contributed by atoms with Gasteiger partial charge in [-0.3, -0.25) is 9.52 Å². The smallest absolute Gasteiger partial charge is 0.261 e. The maximum Gasteiger partial charge on any atom is 0.261 e. The average Bonchev–Trinajstić information content (AvgIpc) is 2.43. The van der Waals surface area contributed by atoms with E-state index in [0.29, 0.717) is 10.6 Å². The molecule has 0 aromatic heterocycles. The lowest BCUT2D eigenvalue weighted by Gasteiger charge is -2.17. The molecular weight excluding hydrogens is 280 g/mol. The molecule has 0 fully saturated rings. The largest absolute Gasteiger partial charge is 0.304 e. The number of benzene rings is 1. The molecule has 0 spiro atoms. The van der Waals surface area contributed by atoms with Crippen LogP contribution in [0.2, 0.25) is 5.02 Å². The van der Waals surface area contributed by atoms with E-state index in [1.807, 2.05) is 0 Å². The van der Waals surface area contributed by atoms with Crippen molar-refractivity contribution in [1.29, 1.82) is 0 Å². The number of hydrogen-bond donors (Lipinski definition) is 1. The van der Waals surface area contributed by atoms with E-state index in [-0.39, 0.29) is 5.91 Å². The number of rotatable bonds is 8. The Morgan fingerprint density at radius 3 is 2.47 bits per heavy atom. The molecule has 0 unspecified atom stereocenters. The molecule has 19 heavy (non-hydrogen) atoms. The van der Waals surface area contributed by atoms with Crippen LogP contribution >= 0.6 is 23.5 Å². The fourth-order valence-electron chi connectivity index (χ4n) is 1.68. The van der Waals surface area contributed by atoms with Crippen molar-refractivity contribution < 1.29 is 4.79 Å². The third-order valence-electron chi connectivity index (χ3n) is 2.89. The van der Waals surface area contributed by atoms with Gasteiger partial charge < -0.3 is 4.90 Å². The Balaban J connectivity index is 2.19. The quantitative estimate of drug-likeness (QED) is 0.589. The van der Waals surface area contributed by atoms with Crippen LogP contribution in [-0.2, 0) is 0 Å². The molecule has 1 aromatic rings. The molecule has 0 aliphatic carbocycles. The second-order valence-corrected chi connectivity index (χ2v) is 5.50. The lowest BCUT2D eigenvalue weighted by molar-refractivity contribution is 0.0984. The summed E-state index contributed by atoms with van der Waals surface area (Å²) >= 11 is 7.24. The van der Waals surface area contributed by atoms with Crippen molar-refractivity contribution in [3.8, 4) is 0 Å². The highest BCUT2D eigenvalue weighted by Gasteiger charge is 2.05. The first-order valence-corrected chi connectivity index (χ1v) is 7.93. The number of nitrogens with zero attached hydrogens (tertiary/aromatic N) is 1. The highest BCUT2D eigenvalue weighted by molar-refractivity contribution is 7.97. The van der Waals surface area contributed by atoms with Crippen LogP contribution in [-0.4, -0.2) is 36.2 Å². The van der Waals surface area contributed by atoms with Gasteiger partial charge in [-0.25, -0.2) is 0 Å². The number of amides is 1. The van der Waals surface area contributed by atoms with Gasteiger partial charge in [0.1, 0.15) is 0 Å². The molecule has 0 aliphatic rings. The zero-order valence-electron chi connectivity index (χ0n) is 11.5. The first kappa shape index (κ1) is 16.3. The molecule has 0 saturated carbocycles. The van der Waals surface area contributed by atoms with Crippen LogP contribution < -0.4 is 4.72 Å². The Morgan fingerprint density at radius 2 is 1.89 bits per heavy atom. The summed E-state index contributed by atoms with van der Waals surface area (Å²) in [6.45, 7) is 7.57. The molecule has 0 atom stereocenters. The number of carbonyl (C=O) groups excluding carboxylic acids is 1. The predicted octanol–water partition coefficient (Wildman–Crippen LogP) is 3.45. The molecule has 1 rings (SSSR count). The monoisotopic (exact) mass is 300 g/mol. The molecule has 106 valence electrons. The number of carbonyl (C=O) groups is 1. The van der Waals surface area contributed by atoms with Gasteiger partial charge in [-0.1, -0.05) is 37.4 Å². The second kappa shape index (κ2) is 9.23. The van der Waals surface area contributed by atoms with E-state index in [1.54, 1.807) is 24.3 Å². The Bertz CT molecular complexity index is 380. The molecule has 3 nitrogen and oxygen atoms in total. The van der Waals surface area contributed by atoms with E-state index < -0.39 is 0 Å². The van der Waals surface area contributed by atoms with E-state index in [2.05, 4.69) is 23.5 Å². The van der Waals surface area contributed by atoms with Crippen molar-refractivity contribution in [1.82, 2.24) is 9.62 Å². The Labute approximate surface area is 124 Å². The van der Waals surface area contributed by atoms with Gasteiger partial charge in [-0.15, -0.1) is 0 Å². The van der Waals surface area contributed by atoms with E-state index in [9.17, 15) is 4.79 Å². The first-order valence-electron chi connectivity index (χ1n) is 6.57. The molecule has 1 amide bonds. The predicted molar refractivity (Wildman–Crippen MR) is 83.8 cm³/mol. The third kappa shape index (κ3) is 6.32. The van der Waals surface area contributed by atoms with Crippen LogP contribution in [0.4, 0.5) is 0 Å². The van der Waals surface area contributed by atoms with Gasteiger partial charge in [-0.05, 0) is 50.3 Å². The highest BCUT2D eigenvalue weighted by atomic mass is 35.5. The molecule has 1 N–H and O–H groups in total. The van der Waals surface area contributed by atoms with Crippen LogP contribution in [0, 0.1) is 0 Å². The lowest BCUT2D eigenvalue weighted by atomic mass is 10.2. The maximum absolute atomic E-state index is 11.8. The van der Waals surface area contributed by atoms with Crippen molar-refractivity contribution in [2.45, 2.75) is 20.3 Å². The number of nitrogens with one attached hydrogen (secondary N) is 1. The SMILES string of the molecule is CCN(CC)CCCSNC(=O)c1ccc(Cl)cc1. The Morgan fingerprint density at radius 1 is 1.26 bits per heavy atom. The first-order chi connectivity index (χ1) is 9.17. The molecular formula is C14H21ClN2OS. The van der Waals surface area contributed by atoms with E-state index in [1.165, 1.54) is 11.9 Å². The average molecular weight is 301 g/mol. The van der Waals surface area contributed by atoms with E-state index in [0.717, 1.165) is 31.8 Å². The minimum absolute atomic E-state index is 0.0653. The third-order valence-corrected chi connectivity index (χ3v) is 3.96. The Hall–Kier alpha value is -0.710. The zero-order valence-corrected chi connectivity index (χ0v) is 13.1. The molecule has 0 aliphatic heterocycles. The standard InChI is InChI=1S/C14H21ClN2OS/c1-3-17(4-2)10-5-11-19-16-14(18)12-6-8-13(15)9-7-12/h6-9H,3-5,10-11H2,1-2H3,(H,16,18). The summed E-state index contributed by atoms with van der Waals surface area (Å²) in [4.78, 5) is 14.2. The fourth-order valence-corrected chi connectivity index (χ4v) is 2.43. The summed E-state index contributed by atoms with van der Waals surface area (Å²) in [5, 5.41) is 0.642. The minimum Gasteiger partial charge on any atom is -0.304 e. The van der Waals surface area contributed by atoms with Gasteiger partial charge in [0, 0.05) is 16.3 Å². The van der Waals surface area contributed by atoms with Crippen molar-refractivity contribution >= 4 is 29.5 Å². The van der Waals surface area contributed by atoms with Gasteiger partial charge in [0.15, 0.2) is 0 Å². The van der Waals surface area contributed by atoms with Gasteiger partial charge in [0.2, 0.25) is 0 Å². The van der Waals surface area contributed by atoms with Crippen LogP contribution in [0.1, 0.15) is 30.6 Å². The van der Waals surface area contributed by atoms with Crippen LogP contribution in [0.15, 0.2) is 24.3 Å². The fraction of sp³-hybridized carbons (Fsp3) is 0.500. The maximum atomic E-state index is 11.8. The summed E-state index contributed by atoms with van der Waals surface area (Å²) in [5.41, 5.74) is 0.639. The summed E-state index contributed by atoms with van der Waals surface area (Å²) < 4.78 is 2.84. The van der Waals surface area contributed by atoms with Gasteiger partial charge in [0.05, 0.1) is 0 Å². The normalized spacial score (nSPS) is 10.7. The topological polar surface area (TPSA) is 32.3 Å². The molecule has 1 aromatic carbocycles. The van der Waals surface area contributed by atoms with Crippen molar-refractivity contribution in [2.24, 2.45) is 0 Å². The van der Waals surface area contributed by atoms with Crippen LogP contribution in [0.25, 0.3) is 0 Å². The van der Waals surface area contributed by atoms with Crippen LogP contribution in [0.3, 0.4) is 0 Å². The molecule has 0 saturated heterocycles. The van der Waals surface area contributed by atoms with Gasteiger partial charge in [-0.2, -0.15) is 0 Å². The number of halogens is 1. The van der Waals surface area contributed by atoms with Crippen LogP contribution in [0.5, 0.6) is 0 Å². The summed E-state index contributed by atoms with van der Waals surface area (Å²) in [5.74, 6) is 0.861. The van der Waals surface area contributed by atoms with E-state index in [4.69, 9.17) is 11.6 Å². The van der Waals surface area contributed by atoms with Crippen molar-refractivity contribution in [3.05, 3.63) is 34.9 Å².